The highest BCUT2D eigenvalue weighted by Gasteiger charge is 2.32. The topological polar surface area (TPSA) is 67.9 Å². The molecule has 1 fully saturated rings. The van der Waals surface area contributed by atoms with Gasteiger partial charge in [-0.15, -0.1) is 11.8 Å². The molecule has 0 saturated carbocycles. The van der Waals surface area contributed by atoms with Gasteiger partial charge in [0.05, 0.1) is 6.61 Å². The predicted octanol–water partition coefficient (Wildman–Crippen LogP) is 3.59. The van der Waals surface area contributed by atoms with E-state index in [1.54, 1.807) is 23.6 Å². The van der Waals surface area contributed by atoms with Crippen molar-refractivity contribution in [3.63, 3.8) is 0 Å². The first-order valence-corrected chi connectivity index (χ1v) is 10.3. The molecule has 6 nitrogen and oxygen atoms in total. The van der Waals surface area contributed by atoms with Crippen molar-refractivity contribution < 1.29 is 19.1 Å². The lowest BCUT2D eigenvalue weighted by atomic mass is 10.2. The number of hydrogen-bond acceptors (Lipinski definition) is 5. The summed E-state index contributed by atoms with van der Waals surface area (Å²) >= 11 is 1.68. The predicted molar refractivity (Wildman–Crippen MR) is 109 cm³/mol. The molecule has 1 aliphatic heterocycles. The summed E-state index contributed by atoms with van der Waals surface area (Å²) in [6.45, 7) is 2.97. The minimum Gasteiger partial charge on any atom is -0.489 e. The molecule has 0 unspecified atom stereocenters. The zero-order valence-electron chi connectivity index (χ0n) is 15.8. The van der Waals surface area contributed by atoms with Crippen LogP contribution in [0.3, 0.4) is 0 Å². The van der Waals surface area contributed by atoms with Gasteiger partial charge in [0.15, 0.2) is 0 Å². The molecule has 0 radical (unpaired) electrons. The number of carbonyl (C=O) groups excluding carboxylic acids is 2. The fourth-order valence-electron chi connectivity index (χ4n) is 2.95. The number of thioether (sulfide) groups is 1. The Bertz CT molecular complexity index is 800. The molecule has 0 bridgehead atoms. The first-order valence-electron chi connectivity index (χ1n) is 9.26. The molecule has 2 amide bonds. The lowest BCUT2D eigenvalue weighted by molar-refractivity contribution is -0.141. The van der Waals surface area contributed by atoms with Gasteiger partial charge in [0, 0.05) is 17.9 Å². The maximum atomic E-state index is 12.6. The molecule has 1 aliphatic rings. The fourth-order valence-corrected chi connectivity index (χ4v) is 4.23. The second kappa shape index (κ2) is 10.0. The third-order valence-corrected chi connectivity index (χ3v) is 5.51. The van der Waals surface area contributed by atoms with E-state index in [1.165, 1.54) is 0 Å². The van der Waals surface area contributed by atoms with Crippen molar-refractivity contribution in [3.8, 4) is 5.75 Å². The Morgan fingerprint density at radius 1 is 1.14 bits per heavy atom. The number of urea groups is 1. The molecule has 7 heteroatoms. The largest absolute Gasteiger partial charge is 0.489 e. The summed E-state index contributed by atoms with van der Waals surface area (Å²) in [5.74, 6) is 1.14. The van der Waals surface area contributed by atoms with Crippen LogP contribution in [0.2, 0.25) is 0 Å². The van der Waals surface area contributed by atoms with Gasteiger partial charge in [-0.1, -0.05) is 48.5 Å². The highest BCUT2D eigenvalue weighted by atomic mass is 32.2. The van der Waals surface area contributed by atoms with Crippen molar-refractivity contribution >= 4 is 23.8 Å². The van der Waals surface area contributed by atoms with Crippen molar-refractivity contribution in [2.75, 3.05) is 25.4 Å². The molecule has 0 aliphatic carbocycles. The third kappa shape index (κ3) is 5.19. The second-order valence-electron chi connectivity index (χ2n) is 6.19. The molecule has 148 valence electrons. The minimum atomic E-state index is -0.439. The summed E-state index contributed by atoms with van der Waals surface area (Å²) in [4.78, 5) is 25.8. The van der Waals surface area contributed by atoms with E-state index in [0.29, 0.717) is 19.8 Å². The number of esters is 1. The average Bonchev–Trinajstić information content (AvgIpc) is 3.21. The first kappa shape index (κ1) is 20.1. The standard InChI is InChI=1S/C21H24N2O4S/c1-2-26-19(24)14-22-21(25)23-12-13-28-20(23)17-10-6-7-11-18(17)27-15-16-8-4-3-5-9-16/h3-11,20H,2,12-15H2,1H3,(H,22,25)/t20-/m0/s1. The van der Waals surface area contributed by atoms with E-state index < -0.39 is 5.97 Å². The average molecular weight is 401 g/mol. The summed E-state index contributed by atoms with van der Waals surface area (Å²) in [6.07, 6.45) is 0. The highest BCUT2D eigenvalue weighted by Crippen LogP contribution is 2.41. The van der Waals surface area contributed by atoms with Crippen molar-refractivity contribution in [1.82, 2.24) is 10.2 Å². The van der Waals surface area contributed by atoms with Crippen LogP contribution in [0.25, 0.3) is 0 Å². The molecule has 0 spiro atoms. The van der Waals surface area contributed by atoms with Crippen LogP contribution >= 0.6 is 11.8 Å². The normalized spacial score (nSPS) is 15.9. The summed E-state index contributed by atoms with van der Waals surface area (Å²) in [5, 5.41) is 2.49. The van der Waals surface area contributed by atoms with E-state index in [-0.39, 0.29) is 17.9 Å². The van der Waals surface area contributed by atoms with Gasteiger partial charge < -0.3 is 19.7 Å². The number of nitrogens with one attached hydrogen (secondary N) is 1. The van der Waals surface area contributed by atoms with Crippen LogP contribution in [-0.4, -0.2) is 42.3 Å². The Balaban J connectivity index is 1.67. The maximum Gasteiger partial charge on any atom is 0.325 e. The van der Waals surface area contributed by atoms with Gasteiger partial charge in [-0.3, -0.25) is 4.79 Å². The number of carbonyl (C=O) groups is 2. The fraction of sp³-hybridized carbons (Fsp3) is 0.333. The smallest absolute Gasteiger partial charge is 0.325 e. The number of rotatable bonds is 7. The number of amides is 2. The highest BCUT2D eigenvalue weighted by molar-refractivity contribution is 7.99. The molecule has 1 atom stereocenters. The van der Waals surface area contributed by atoms with Gasteiger partial charge in [-0.05, 0) is 18.6 Å². The number of hydrogen-bond donors (Lipinski definition) is 1. The van der Waals surface area contributed by atoms with Crippen molar-refractivity contribution in [2.45, 2.75) is 18.9 Å². The minimum absolute atomic E-state index is 0.132. The molecular formula is C21H24N2O4S. The van der Waals surface area contributed by atoms with Crippen LogP contribution in [-0.2, 0) is 16.1 Å². The summed E-state index contributed by atoms with van der Waals surface area (Å²) in [7, 11) is 0. The molecule has 2 aromatic rings. The monoisotopic (exact) mass is 400 g/mol. The van der Waals surface area contributed by atoms with Crippen molar-refractivity contribution in [2.24, 2.45) is 0 Å². The summed E-state index contributed by atoms with van der Waals surface area (Å²) in [6, 6.07) is 17.5. The molecule has 1 heterocycles. The van der Waals surface area contributed by atoms with E-state index in [9.17, 15) is 9.59 Å². The molecule has 0 aromatic heterocycles. The van der Waals surface area contributed by atoms with Crippen LogP contribution in [0.4, 0.5) is 4.79 Å². The van der Waals surface area contributed by atoms with E-state index in [1.807, 2.05) is 54.6 Å². The van der Waals surface area contributed by atoms with Gasteiger partial charge in [-0.2, -0.15) is 0 Å². The van der Waals surface area contributed by atoms with E-state index in [2.05, 4.69) is 5.32 Å². The van der Waals surface area contributed by atoms with E-state index >= 15 is 0 Å². The van der Waals surface area contributed by atoms with Crippen molar-refractivity contribution in [3.05, 3.63) is 65.7 Å². The van der Waals surface area contributed by atoms with Crippen LogP contribution in [0.1, 0.15) is 23.4 Å². The SMILES string of the molecule is CCOC(=O)CNC(=O)N1CCS[C@H]1c1ccccc1OCc1ccccc1. The maximum absolute atomic E-state index is 12.6. The zero-order chi connectivity index (χ0) is 19.8. The first-order chi connectivity index (χ1) is 13.7. The van der Waals surface area contributed by atoms with Gasteiger partial charge in [-0.25, -0.2) is 4.79 Å². The molecule has 3 rings (SSSR count). The molecule has 28 heavy (non-hydrogen) atoms. The Morgan fingerprint density at radius 2 is 1.89 bits per heavy atom. The van der Waals surface area contributed by atoms with Crippen LogP contribution < -0.4 is 10.1 Å². The van der Waals surface area contributed by atoms with E-state index in [0.717, 1.165) is 22.6 Å². The van der Waals surface area contributed by atoms with Crippen LogP contribution in [0.15, 0.2) is 54.6 Å². The molecule has 1 saturated heterocycles. The summed E-state index contributed by atoms with van der Waals surface area (Å²) < 4.78 is 10.9. The summed E-state index contributed by atoms with van der Waals surface area (Å²) in [5.41, 5.74) is 2.03. The van der Waals surface area contributed by atoms with Crippen LogP contribution in [0, 0.1) is 0 Å². The Labute approximate surface area is 169 Å². The number of nitrogens with zero attached hydrogens (tertiary/aromatic N) is 1. The zero-order valence-corrected chi connectivity index (χ0v) is 16.6. The van der Waals surface area contributed by atoms with E-state index in [4.69, 9.17) is 9.47 Å². The quantitative estimate of drug-likeness (QED) is 0.720. The molecule has 1 N–H and O–H groups in total. The van der Waals surface area contributed by atoms with Crippen LogP contribution in [0.5, 0.6) is 5.75 Å². The van der Waals surface area contributed by atoms with Gasteiger partial charge in [0.2, 0.25) is 0 Å². The lowest BCUT2D eigenvalue weighted by Crippen LogP contribution is -2.42. The lowest BCUT2D eigenvalue weighted by Gasteiger charge is -2.25. The van der Waals surface area contributed by atoms with Crippen molar-refractivity contribution in [1.29, 1.82) is 0 Å². The van der Waals surface area contributed by atoms with Gasteiger partial charge >= 0.3 is 12.0 Å². The number of para-hydroxylation sites is 1. The second-order valence-corrected chi connectivity index (χ2v) is 7.38. The van der Waals surface area contributed by atoms with Gasteiger partial charge in [0.25, 0.3) is 0 Å². The number of benzene rings is 2. The molecular weight excluding hydrogens is 376 g/mol. The molecule has 2 aromatic carbocycles. The third-order valence-electron chi connectivity index (χ3n) is 4.26. The number of ether oxygens (including phenoxy) is 2. The van der Waals surface area contributed by atoms with Gasteiger partial charge in [0.1, 0.15) is 24.3 Å². The Morgan fingerprint density at radius 3 is 2.68 bits per heavy atom. The Kier molecular flexibility index (Phi) is 7.19. The Hall–Kier alpha value is -2.67.